The van der Waals surface area contributed by atoms with Crippen LogP contribution >= 0.6 is 0 Å². The summed E-state index contributed by atoms with van der Waals surface area (Å²) < 4.78 is 25.0. The summed E-state index contributed by atoms with van der Waals surface area (Å²) in [5.74, 6) is -0.157. The van der Waals surface area contributed by atoms with Crippen LogP contribution in [0.3, 0.4) is 0 Å². The maximum Gasteiger partial charge on any atom is 0.241 e. The number of aliphatic hydroxyl groups is 1. The van der Waals surface area contributed by atoms with Gasteiger partial charge in [-0.15, -0.1) is 0 Å². The number of nitrogens with zero attached hydrogens (tertiary/aromatic N) is 2. The molecule has 2 aliphatic heterocycles. The van der Waals surface area contributed by atoms with Crippen molar-refractivity contribution in [3.8, 4) is 0 Å². The van der Waals surface area contributed by atoms with Gasteiger partial charge in [-0.2, -0.15) is 4.31 Å². The van der Waals surface area contributed by atoms with Gasteiger partial charge in [0.15, 0.2) is 0 Å². The van der Waals surface area contributed by atoms with Crippen LogP contribution in [-0.2, 0) is 14.8 Å². The lowest BCUT2D eigenvalue weighted by Gasteiger charge is -2.41. The highest BCUT2D eigenvalue weighted by atomic mass is 32.2. The van der Waals surface area contributed by atoms with Gasteiger partial charge >= 0.3 is 0 Å². The highest BCUT2D eigenvalue weighted by Gasteiger charge is 2.39. The Morgan fingerprint density at radius 1 is 1.25 bits per heavy atom. The van der Waals surface area contributed by atoms with Crippen LogP contribution in [-0.4, -0.2) is 66.2 Å². The fourth-order valence-electron chi connectivity index (χ4n) is 3.17. The molecule has 1 amide bonds. The van der Waals surface area contributed by atoms with Crippen molar-refractivity contribution in [2.45, 2.75) is 50.7 Å². The van der Waals surface area contributed by atoms with E-state index in [9.17, 15) is 18.3 Å². The van der Waals surface area contributed by atoms with Gasteiger partial charge in [0, 0.05) is 19.6 Å². The van der Waals surface area contributed by atoms with Gasteiger partial charge in [-0.05, 0) is 32.6 Å². The highest BCUT2D eigenvalue weighted by molar-refractivity contribution is 7.88. The SMILES string of the molecule is CC1(O)CCCN(C(=O)C2CCCCN2S(C)(=O)=O)C1. The zero-order chi connectivity index (χ0) is 15.0. The van der Waals surface area contributed by atoms with E-state index >= 15 is 0 Å². The number of hydrogen-bond acceptors (Lipinski definition) is 4. The molecule has 2 rings (SSSR count). The molecule has 1 N–H and O–H groups in total. The van der Waals surface area contributed by atoms with E-state index in [0.29, 0.717) is 32.5 Å². The largest absolute Gasteiger partial charge is 0.388 e. The topological polar surface area (TPSA) is 77.9 Å². The number of rotatable bonds is 2. The normalized spacial score (nSPS) is 33.1. The van der Waals surface area contributed by atoms with Crippen molar-refractivity contribution >= 4 is 15.9 Å². The molecule has 0 aliphatic carbocycles. The van der Waals surface area contributed by atoms with Gasteiger partial charge in [0.05, 0.1) is 11.9 Å². The smallest absolute Gasteiger partial charge is 0.241 e. The van der Waals surface area contributed by atoms with Gasteiger partial charge in [-0.25, -0.2) is 8.42 Å². The highest BCUT2D eigenvalue weighted by Crippen LogP contribution is 2.25. The first-order valence-electron chi connectivity index (χ1n) is 7.19. The van der Waals surface area contributed by atoms with E-state index in [1.807, 2.05) is 0 Å². The van der Waals surface area contributed by atoms with E-state index in [1.54, 1.807) is 11.8 Å². The summed E-state index contributed by atoms with van der Waals surface area (Å²) in [6, 6.07) is -0.590. The van der Waals surface area contributed by atoms with Crippen LogP contribution in [0.5, 0.6) is 0 Å². The molecule has 0 aromatic carbocycles. The van der Waals surface area contributed by atoms with Crippen LogP contribution < -0.4 is 0 Å². The van der Waals surface area contributed by atoms with E-state index in [2.05, 4.69) is 0 Å². The number of likely N-dealkylation sites (tertiary alicyclic amines) is 1. The fourth-order valence-corrected chi connectivity index (χ4v) is 4.29. The van der Waals surface area contributed by atoms with Gasteiger partial charge in [-0.3, -0.25) is 4.79 Å². The molecule has 20 heavy (non-hydrogen) atoms. The molecule has 2 aliphatic rings. The number of carbonyl (C=O) groups excluding carboxylic acids is 1. The molecule has 0 saturated carbocycles. The molecule has 0 bridgehead atoms. The van der Waals surface area contributed by atoms with Crippen LogP contribution in [0.25, 0.3) is 0 Å². The van der Waals surface area contributed by atoms with Crippen LogP contribution in [0, 0.1) is 0 Å². The van der Waals surface area contributed by atoms with Crippen molar-refractivity contribution in [1.82, 2.24) is 9.21 Å². The van der Waals surface area contributed by atoms with E-state index < -0.39 is 21.7 Å². The van der Waals surface area contributed by atoms with Crippen LogP contribution in [0.4, 0.5) is 0 Å². The Morgan fingerprint density at radius 2 is 1.95 bits per heavy atom. The fraction of sp³-hybridized carbons (Fsp3) is 0.923. The van der Waals surface area contributed by atoms with E-state index in [0.717, 1.165) is 25.5 Å². The predicted molar refractivity (Wildman–Crippen MR) is 75.6 cm³/mol. The Kier molecular flexibility index (Phi) is 4.41. The average Bonchev–Trinajstić information content (AvgIpc) is 2.35. The number of piperidine rings is 2. The van der Waals surface area contributed by atoms with Crippen molar-refractivity contribution in [3.63, 3.8) is 0 Å². The maximum absolute atomic E-state index is 12.6. The molecule has 2 heterocycles. The monoisotopic (exact) mass is 304 g/mol. The Hall–Kier alpha value is -0.660. The third-order valence-electron chi connectivity index (χ3n) is 4.15. The Balaban J connectivity index is 2.14. The average molecular weight is 304 g/mol. The van der Waals surface area contributed by atoms with Crippen molar-refractivity contribution in [3.05, 3.63) is 0 Å². The molecule has 2 fully saturated rings. The van der Waals surface area contributed by atoms with Gasteiger partial charge < -0.3 is 10.0 Å². The molecular weight excluding hydrogens is 280 g/mol. The van der Waals surface area contributed by atoms with Gasteiger partial charge in [0.2, 0.25) is 15.9 Å². The first kappa shape index (κ1) is 15.7. The van der Waals surface area contributed by atoms with Crippen LogP contribution in [0.2, 0.25) is 0 Å². The number of amides is 1. The second kappa shape index (κ2) is 5.61. The first-order chi connectivity index (χ1) is 9.21. The van der Waals surface area contributed by atoms with Crippen molar-refractivity contribution in [2.24, 2.45) is 0 Å². The number of hydrogen-bond donors (Lipinski definition) is 1. The lowest BCUT2D eigenvalue weighted by Crippen LogP contribution is -2.57. The quantitative estimate of drug-likeness (QED) is 0.789. The Bertz CT molecular complexity index is 475. The van der Waals surface area contributed by atoms with Gasteiger partial charge in [0.25, 0.3) is 0 Å². The molecule has 2 atom stereocenters. The third kappa shape index (κ3) is 3.51. The standard InChI is InChI=1S/C13H24N2O4S/c1-13(17)7-5-8-14(10-13)12(16)11-6-3-4-9-15(11)20(2,18)19/h11,17H,3-10H2,1-2H3. The Labute approximate surface area is 120 Å². The molecule has 6 nitrogen and oxygen atoms in total. The molecular formula is C13H24N2O4S. The van der Waals surface area contributed by atoms with Crippen LogP contribution in [0.1, 0.15) is 39.0 Å². The van der Waals surface area contributed by atoms with Crippen LogP contribution in [0.15, 0.2) is 0 Å². The van der Waals surface area contributed by atoms with Crippen molar-refractivity contribution in [2.75, 3.05) is 25.9 Å². The van der Waals surface area contributed by atoms with Gasteiger partial charge in [-0.1, -0.05) is 6.42 Å². The summed E-state index contributed by atoms with van der Waals surface area (Å²) in [5.41, 5.74) is -0.863. The summed E-state index contributed by atoms with van der Waals surface area (Å²) in [6.45, 7) is 3.03. The van der Waals surface area contributed by atoms with E-state index in [1.165, 1.54) is 4.31 Å². The molecule has 0 radical (unpaired) electrons. The molecule has 2 saturated heterocycles. The first-order valence-corrected chi connectivity index (χ1v) is 9.03. The summed E-state index contributed by atoms with van der Waals surface area (Å²) in [5, 5.41) is 10.1. The predicted octanol–water partition coefficient (Wildman–Crippen LogP) is 0.174. The summed E-state index contributed by atoms with van der Waals surface area (Å²) in [4.78, 5) is 14.2. The third-order valence-corrected chi connectivity index (χ3v) is 5.44. The zero-order valence-electron chi connectivity index (χ0n) is 12.2. The van der Waals surface area contributed by atoms with E-state index in [4.69, 9.17) is 0 Å². The number of carbonyl (C=O) groups is 1. The van der Waals surface area contributed by atoms with E-state index in [-0.39, 0.29) is 5.91 Å². The minimum absolute atomic E-state index is 0.157. The maximum atomic E-state index is 12.6. The summed E-state index contributed by atoms with van der Waals surface area (Å²) in [7, 11) is -3.36. The molecule has 0 aromatic heterocycles. The second-order valence-electron chi connectivity index (χ2n) is 6.25. The number of β-amino-alcohol motifs (C(OH)–C–C–N with tert-alkyl or cyclic N) is 1. The van der Waals surface area contributed by atoms with Gasteiger partial charge in [0.1, 0.15) is 6.04 Å². The minimum Gasteiger partial charge on any atom is -0.388 e. The number of sulfonamides is 1. The summed E-state index contributed by atoms with van der Waals surface area (Å²) in [6.07, 6.45) is 4.83. The zero-order valence-corrected chi connectivity index (χ0v) is 13.0. The Morgan fingerprint density at radius 3 is 2.55 bits per heavy atom. The van der Waals surface area contributed by atoms with Crippen molar-refractivity contribution in [1.29, 1.82) is 0 Å². The summed E-state index contributed by atoms with van der Waals surface area (Å²) >= 11 is 0. The lowest BCUT2D eigenvalue weighted by atomic mass is 9.94. The molecule has 7 heteroatoms. The minimum atomic E-state index is -3.36. The second-order valence-corrected chi connectivity index (χ2v) is 8.18. The molecule has 0 spiro atoms. The molecule has 2 unspecified atom stereocenters. The lowest BCUT2D eigenvalue weighted by molar-refractivity contribution is -0.142. The van der Waals surface area contributed by atoms with Crippen molar-refractivity contribution < 1.29 is 18.3 Å². The molecule has 0 aromatic rings. The molecule has 116 valence electrons.